The molecule has 1 rings (SSSR count). The molecule has 3 N–H and O–H groups in total. The van der Waals surface area contributed by atoms with Crippen LogP contribution in [0.2, 0.25) is 0 Å². The third-order valence-corrected chi connectivity index (χ3v) is 2.28. The van der Waals surface area contributed by atoms with Gasteiger partial charge in [0.1, 0.15) is 0 Å². The summed E-state index contributed by atoms with van der Waals surface area (Å²) in [5, 5.41) is 0. The van der Waals surface area contributed by atoms with E-state index in [1.165, 1.54) is 32.4 Å². The van der Waals surface area contributed by atoms with Crippen molar-refractivity contribution in [3.8, 4) is 0 Å². The van der Waals surface area contributed by atoms with Gasteiger partial charge in [0.05, 0.1) is 0 Å². The van der Waals surface area contributed by atoms with Crippen molar-refractivity contribution in [2.75, 3.05) is 19.6 Å². The van der Waals surface area contributed by atoms with Gasteiger partial charge in [-0.2, -0.15) is 0 Å². The second-order valence-electron chi connectivity index (χ2n) is 3.31. The molecule has 0 aromatic rings. The van der Waals surface area contributed by atoms with Crippen LogP contribution in [0.3, 0.4) is 0 Å². The van der Waals surface area contributed by atoms with Gasteiger partial charge in [-0.25, -0.2) is 0 Å². The molecule has 1 aliphatic rings. The van der Waals surface area contributed by atoms with Crippen LogP contribution >= 0.6 is 0 Å². The van der Waals surface area contributed by atoms with Crippen LogP contribution < -0.4 is 11.3 Å². The van der Waals surface area contributed by atoms with E-state index in [1.54, 1.807) is 0 Å². The molecule has 3 heteroatoms. The highest BCUT2D eigenvalue weighted by atomic mass is 15.3. The molecule has 1 fully saturated rings. The van der Waals surface area contributed by atoms with Crippen molar-refractivity contribution in [3.63, 3.8) is 0 Å². The van der Waals surface area contributed by atoms with Crippen LogP contribution in [0.5, 0.6) is 0 Å². The third-order valence-electron chi connectivity index (χ3n) is 2.28. The van der Waals surface area contributed by atoms with E-state index in [2.05, 4.69) is 17.2 Å². The van der Waals surface area contributed by atoms with Crippen LogP contribution in [0.4, 0.5) is 0 Å². The minimum Gasteiger partial charge on any atom is -0.302 e. The SMILES string of the molecule is CCCN1CCCC(NN)C1. The van der Waals surface area contributed by atoms with Gasteiger partial charge in [-0.15, -0.1) is 0 Å². The van der Waals surface area contributed by atoms with Gasteiger partial charge in [-0.05, 0) is 32.4 Å². The van der Waals surface area contributed by atoms with Crippen molar-refractivity contribution in [2.45, 2.75) is 32.2 Å². The lowest BCUT2D eigenvalue weighted by molar-refractivity contribution is 0.191. The first kappa shape index (κ1) is 8.97. The van der Waals surface area contributed by atoms with Gasteiger partial charge >= 0.3 is 0 Å². The molecule has 66 valence electrons. The molecule has 1 atom stereocenters. The Morgan fingerprint density at radius 2 is 2.45 bits per heavy atom. The van der Waals surface area contributed by atoms with Gasteiger partial charge in [0, 0.05) is 12.6 Å². The summed E-state index contributed by atoms with van der Waals surface area (Å²) in [6.45, 7) is 5.83. The highest BCUT2D eigenvalue weighted by Gasteiger charge is 2.17. The van der Waals surface area contributed by atoms with Crippen LogP contribution in [-0.4, -0.2) is 30.6 Å². The number of nitrogens with zero attached hydrogens (tertiary/aromatic N) is 1. The van der Waals surface area contributed by atoms with Crippen LogP contribution in [0.25, 0.3) is 0 Å². The first-order chi connectivity index (χ1) is 5.36. The van der Waals surface area contributed by atoms with Gasteiger partial charge in [0.2, 0.25) is 0 Å². The number of rotatable bonds is 3. The Bertz CT molecular complexity index is 104. The zero-order valence-corrected chi connectivity index (χ0v) is 7.34. The van der Waals surface area contributed by atoms with Crippen molar-refractivity contribution in [1.29, 1.82) is 0 Å². The first-order valence-electron chi connectivity index (χ1n) is 4.55. The predicted octanol–water partition coefficient (Wildman–Crippen LogP) is 0.324. The van der Waals surface area contributed by atoms with Crippen molar-refractivity contribution >= 4 is 0 Å². The highest BCUT2D eigenvalue weighted by molar-refractivity contribution is 4.75. The van der Waals surface area contributed by atoms with Gasteiger partial charge in [-0.1, -0.05) is 6.92 Å². The van der Waals surface area contributed by atoms with E-state index in [1.807, 2.05) is 0 Å². The second-order valence-corrected chi connectivity index (χ2v) is 3.31. The minimum atomic E-state index is 0.523. The fraction of sp³-hybridized carbons (Fsp3) is 1.00. The lowest BCUT2D eigenvalue weighted by Gasteiger charge is -2.31. The van der Waals surface area contributed by atoms with E-state index in [4.69, 9.17) is 5.84 Å². The average molecular weight is 157 g/mol. The second kappa shape index (κ2) is 4.70. The number of nitrogens with one attached hydrogen (secondary N) is 1. The van der Waals surface area contributed by atoms with Crippen molar-refractivity contribution in [3.05, 3.63) is 0 Å². The van der Waals surface area contributed by atoms with E-state index < -0.39 is 0 Å². The molecule has 11 heavy (non-hydrogen) atoms. The Balaban J connectivity index is 2.21. The normalized spacial score (nSPS) is 27.3. The zero-order valence-electron chi connectivity index (χ0n) is 7.34. The van der Waals surface area contributed by atoms with E-state index in [9.17, 15) is 0 Å². The lowest BCUT2D eigenvalue weighted by atomic mass is 10.1. The van der Waals surface area contributed by atoms with Gasteiger partial charge in [0.25, 0.3) is 0 Å². The average Bonchev–Trinajstić information content (AvgIpc) is 2.06. The van der Waals surface area contributed by atoms with Gasteiger partial charge in [-0.3, -0.25) is 11.3 Å². The number of hydrazine groups is 1. The summed E-state index contributed by atoms with van der Waals surface area (Å²) < 4.78 is 0. The summed E-state index contributed by atoms with van der Waals surface area (Å²) in [4.78, 5) is 2.48. The lowest BCUT2D eigenvalue weighted by Crippen LogP contribution is -2.48. The Morgan fingerprint density at radius 1 is 1.64 bits per heavy atom. The standard InChI is InChI=1S/C8H19N3/c1-2-5-11-6-3-4-8(7-11)10-9/h8,10H,2-7,9H2,1H3. The number of nitrogens with two attached hydrogens (primary N) is 1. The smallest absolute Gasteiger partial charge is 0.0338 e. The molecule has 0 radical (unpaired) electrons. The molecule has 0 bridgehead atoms. The number of hydrogen-bond acceptors (Lipinski definition) is 3. The molecule has 1 saturated heterocycles. The van der Waals surface area contributed by atoms with E-state index in [0.717, 1.165) is 6.54 Å². The van der Waals surface area contributed by atoms with Crippen LogP contribution in [0, 0.1) is 0 Å². The molecule has 1 unspecified atom stereocenters. The van der Waals surface area contributed by atoms with Crippen LogP contribution in [-0.2, 0) is 0 Å². The molecular formula is C8H19N3. The third kappa shape index (κ3) is 2.77. The summed E-state index contributed by atoms with van der Waals surface area (Å²) in [5.74, 6) is 5.38. The minimum absolute atomic E-state index is 0.523. The first-order valence-corrected chi connectivity index (χ1v) is 4.55. The quantitative estimate of drug-likeness (QED) is 0.458. The summed E-state index contributed by atoms with van der Waals surface area (Å²) in [6.07, 6.45) is 3.77. The summed E-state index contributed by atoms with van der Waals surface area (Å²) in [5.41, 5.74) is 2.85. The fourth-order valence-electron chi connectivity index (χ4n) is 1.71. The maximum absolute atomic E-state index is 5.38. The molecule has 0 aliphatic carbocycles. The van der Waals surface area contributed by atoms with Crippen molar-refractivity contribution < 1.29 is 0 Å². The monoisotopic (exact) mass is 157 g/mol. The summed E-state index contributed by atoms with van der Waals surface area (Å²) >= 11 is 0. The predicted molar refractivity (Wildman–Crippen MR) is 47.1 cm³/mol. The molecule has 0 spiro atoms. The molecule has 0 aromatic carbocycles. The van der Waals surface area contributed by atoms with E-state index >= 15 is 0 Å². The topological polar surface area (TPSA) is 41.3 Å². The molecule has 1 aliphatic heterocycles. The summed E-state index contributed by atoms with van der Waals surface area (Å²) in [6, 6.07) is 0.523. The van der Waals surface area contributed by atoms with Gasteiger partial charge < -0.3 is 4.90 Å². The van der Waals surface area contributed by atoms with E-state index in [0.29, 0.717) is 6.04 Å². The molecule has 0 amide bonds. The number of piperidine rings is 1. The summed E-state index contributed by atoms with van der Waals surface area (Å²) in [7, 11) is 0. The highest BCUT2D eigenvalue weighted by Crippen LogP contribution is 2.08. The molecule has 0 aromatic heterocycles. The number of hydrogen-bond donors (Lipinski definition) is 2. The fourth-order valence-corrected chi connectivity index (χ4v) is 1.71. The Labute approximate surface area is 68.9 Å². The van der Waals surface area contributed by atoms with Gasteiger partial charge in [0.15, 0.2) is 0 Å². The maximum atomic E-state index is 5.38. The maximum Gasteiger partial charge on any atom is 0.0338 e. The van der Waals surface area contributed by atoms with Crippen molar-refractivity contribution in [1.82, 2.24) is 10.3 Å². The Morgan fingerprint density at radius 3 is 3.09 bits per heavy atom. The van der Waals surface area contributed by atoms with E-state index in [-0.39, 0.29) is 0 Å². The zero-order chi connectivity index (χ0) is 8.10. The number of likely N-dealkylation sites (tertiary alicyclic amines) is 1. The van der Waals surface area contributed by atoms with Crippen LogP contribution in [0.15, 0.2) is 0 Å². The molecule has 0 saturated carbocycles. The molecular weight excluding hydrogens is 138 g/mol. The Kier molecular flexibility index (Phi) is 3.83. The van der Waals surface area contributed by atoms with Crippen LogP contribution in [0.1, 0.15) is 26.2 Å². The Hall–Kier alpha value is -0.120. The molecule has 3 nitrogen and oxygen atoms in total. The largest absolute Gasteiger partial charge is 0.302 e. The molecule has 1 heterocycles. The van der Waals surface area contributed by atoms with Crippen molar-refractivity contribution in [2.24, 2.45) is 5.84 Å².